The van der Waals surface area contributed by atoms with Crippen molar-refractivity contribution in [3.8, 4) is 0 Å². The van der Waals surface area contributed by atoms with Crippen molar-refractivity contribution < 1.29 is 0 Å². The van der Waals surface area contributed by atoms with Crippen molar-refractivity contribution in [1.82, 2.24) is 5.32 Å². The minimum Gasteiger partial charge on any atom is -0.310 e. The highest BCUT2D eigenvalue weighted by molar-refractivity contribution is 5.18. The lowest BCUT2D eigenvalue weighted by molar-refractivity contribution is 0.286. The largest absolute Gasteiger partial charge is 0.310 e. The van der Waals surface area contributed by atoms with E-state index in [1.165, 1.54) is 50.6 Å². The number of nitrogens with one attached hydrogen (secondary N) is 1. The van der Waals surface area contributed by atoms with Crippen LogP contribution in [0.2, 0.25) is 0 Å². The summed E-state index contributed by atoms with van der Waals surface area (Å²) in [7, 11) is 0. The molecule has 0 saturated heterocycles. The standard InChI is InChI=1S/C16H25N/c1-2-7-16(15-10-4-3-5-11-15)17-13-12-14-8-6-9-14/h3-5,10-11,14,16-17H,2,6-9,12-13H2,1H3. The highest BCUT2D eigenvalue weighted by Crippen LogP contribution is 2.29. The van der Waals surface area contributed by atoms with Gasteiger partial charge in [0.05, 0.1) is 0 Å². The Labute approximate surface area is 106 Å². The van der Waals surface area contributed by atoms with Gasteiger partial charge in [-0.15, -0.1) is 0 Å². The molecule has 1 nitrogen and oxygen atoms in total. The summed E-state index contributed by atoms with van der Waals surface area (Å²) >= 11 is 0. The average molecular weight is 231 g/mol. The van der Waals surface area contributed by atoms with Gasteiger partial charge in [0.2, 0.25) is 0 Å². The van der Waals surface area contributed by atoms with Crippen LogP contribution >= 0.6 is 0 Å². The lowest BCUT2D eigenvalue weighted by atomic mass is 9.83. The predicted octanol–water partition coefficient (Wildman–Crippen LogP) is 4.31. The molecule has 1 saturated carbocycles. The summed E-state index contributed by atoms with van der Waals surface area (Å²) in [5.41, 5.74) is 1.45. The quantitative estimate of drug-likeness (QED) is 0.737. The lowest BCUT2D eigenvalue weighted by Gasteiger charge is -2.26. The van der Waals surface area contributed by atoms with E-state index in [0.29, 0.717) is 6.04 Å². The van der Waals surface area contributed by atoms with Crippen molar-refractivity contribution in [3.05, 3.63) is 35.9 Å². The lowest BCUT2D eigenvalue weighted by Crippen LogP contribution is -2.25. The highest BCUT2D eigenvalue weighted by Gasteiger charge is 2.17. The Kier molecular flexibility index (Phi) is 5.06. The topological polar surface area (TPSA) is 12.0 Å². The van der Waals surface area contributed by atoms with Crippen LogP contribution in [-0.2, 0) is 0 Å². The molecule has 17 heavy (non-hydrogen) atoms. The van der Waals surface area contributed by atoms with Crippen LogP contribution < -0.4 is 5.32 Å². The maximum atomic E-state index is 3.74. The number of hydrogen-bond donors (Lipinski definition) is 1. The minimum atomic E-state index is 0.557. The predicted molar refractivity (Wildman–Crippen MR) is 74.1 cm³/mol. The van der Waals surface area contributed by atoms with Gasteiger partial charge in [-0.1, -0.05) is 62.9 Å². The monoisotopic (exact) mass is 231 g/mol. The normalized spacial score (nSPS) is 17.7. The molecule has 0 spiro atoms. The first-order valence-corrected chi connectivity index (χ1v) is 7.18. The van der Waals surface area contributed by atoms with E-state index in [2.05, 4.69) is 42.6 Å². The molecule has 1 aliphatic rings. The van der Waals surface area contributed by atoms with E-state index < -0.39 is 0 Å². The fourth-order valence-corrected chi connectivity index (χ4v) is 2.60. The molecule has 1 fully saturated rings. The van der Waals surface area contributed by atoms with E-state index in [1.807, 2.05) is 0 Å². The molecular formula is C16H25N. The van der Waals surface area contributed by atoms with Crippen molar-refractivity contribution in [2.45, 2.75) is 51.5 Å². The molecule has 1 atom stereocenters. The van der Waals surface area contributed by atoms with Crippen LogP contribution in [0.25, 0.3) is 0 Å². The molecule has 0 amide bonds. The third kappa shape index (κ3) is 3.85. The Morgan fingerprint density at radius 2 is 2.00 bits per heavy atom. The highest BCUT2D eigenvalue weighted by atomic mass is 14.9. The van der Waals surface area contributed by atoms with Gasteiger partial charge in [0.25, 0.3) is 0 Å². The summed E-state index contributed by atoms with van der Waals surface area (Å²) in [6, 6.07) is 11.4. The molecule has 1 aromatic rings. The van der Waals surface area contributed by atoms with Gasteiger partial charge in [0.1, 0.15) is 0 Å². The van der Waals surface area contributed by atoms with E-state index >= 15 is 0 Å². The van der Waals surface area contributed by atoms with Crippen molar-refractivity contribution in [3.63, 3.8) is 0 Å². The summed E-state index contributed by atoms with van der Waals surface area (Å²) in [5, 5.41) is 3.74. The van der Waals surface area contributed by atoms with Crippen LogP contribution in [0.1, 0.15) is 57.1 Å². The van der Waals surface area contributed by atoms with Gasteiger partial charge in [0, 0.05) is 6.04 Å². The Bertz CT molecular complexity index is 303. The molecule has 2 rings (SSSR count). The molecule has 1 N–H and O–H groups in total. The van der Waals surface area contributed by atoms with E-state index in [0.717, 1.165) is 5.92 Å². The van der Waals surface area contributed by atoms with Gasteiger partial charge < -0.3 is 5.32 Å². The second-order valence-electron chi connectivity index (χ2n) is 5.29. The first kappa shape index (κ1) is 12.6. The van der Waals surface area contributed by atoms with Crippen molar-refractivity contribution in [1.29, 1.82) is 0 Å². The SMILES string of the molecule is CCCC(NCCC1CCC1)c1ccccc1. The maximum Gasteiger partial charge on any atom is 0.0320 e. The van der Waals surface area contributed by atoms with Crippen LogP contribution in [0.15, 0.2) is 30.3 Å². The first-order chi connectivity index (χ1) is 8.40. The van der Waals surface area contributed by atoms with Crippen LogP contribution in [0.3, 0.4) is 0 Å². The van der Waals surface area contributed by atoms with Gasteiger partial charge in [0.15, 0.2) is 0 Å². The molecule has 0 aliphatic heterocycles. The summed E-state index contributed by atoms with van der Waals surface area (Å²) in [5.74, 6) is 1.01. The number of rotatable bonds is 7. The van der Waals surface area contributed by atoms with Crippen LogP contribution in [0, 0.1) is 5.92 Å². The van der Waals surface area contributed by atoms with Gasteiger partial charge >= 0.3 is 0 Å². The molecule has 1 unspecified atom stereocenters. The Balaban J connectivity index is 1.79. The minimum absolute atomic E-state index is 0.557. The smallest absolute Gasteiger partial charge is 0.0320 e. The second-order valence-corrected chi connectivity index (χ2v) is 5.29. The molecule has 0 bridgehead atoms. The summed E-state index contributed by atoms with van der Waals surface area (Å²) in [4.78, 5) is 0. The third-order valence-electron chi connectivity index (χ3n) is 3.95. The van der Waals surface area contributed by atoms with Crippen LogP contribution in [0.5, 0.6) is 0 Å². The van der Waals surface area contributed by atoms with E-state index in [9.17, 15) is 0 Å². The number of hydrogen-bond acceptors (Lipinski definition) is 1. The van der Waals surface area contributed by atoms with Crippen LogP contribution in [-0.4, -0.2) is 6.54 Å². The van der Waals surface area contributed by atoms with Gasteiger partial charge in [-0.25, -0.2) is 0 Å². The third-order valence-corrected chi connectivity index (χ3v) is 3.95. The zero-order chi connectivity index (χ0) is 11.9. The molecule has 0 radical (unpaired) electrons. The average Bonchev–Trinajstić information content (AvgIpc) is 2.32. The molecule has 0 aromatic heterocycles. The first-order valence-electron chi connectivity index (χ1n) is 7.18. The van der Waals surface area contributed by atoms with Gasteiger partial charge in [-0.2, -0.15) is 0 Å². The zero-order valence-corrected chi connectivity index (χ0v) is 11.0. The summed E-state index contributed by atoms with van der Waals surface area (Å²) < 4.78 is 0. The molecule has 1 aromatic carbocycles. The molecular weight excluding hydrogens is 206 g/mol. The molecule has 0 heterocycles. The molecule has 1 heteroatoms. The zero-order valence-electron chi connectivity index (χ0n) is 11.0. The fourth-order valence-electron chi connectivity index (χ4n) is 2.60. The van der Waals surface area contributed by atoms with Gasteiger partial charge in [-0.3, -0.25) is 0 Å². The fraction of sp³-hybridized carbons (Fsp3) is 0.625. The number of benzene rings is 1. The van der Waals surface area contributed by atoms with Crippen LogP contribution in [0.4, 0.5) is 0 Å². The van der Waals surface area contributed by atoms with Crippen molar-refractivity contribution in [2.75, 3.05) is 6.54 Å². The maximum absolute atomic E-state index is 3.74. The van der Waals surface area contributed by atoms with Crippen molar-refractivity contribution in [2.24, 2.45) is 5.92 Å². The summed E-state index contributed by atoms with van der Waals surface area (Å²) in [6.07, 6.45) is 8.25. The van der Waals surface area contributed by atoms with E-state index in [-0.39, 0.29) is 0 Å². The Hall–Kier alpha value is -0.820. The van der Waals surface area contributed by atoms with E-state index in [1.54, 1.807) is 0 Å². The van der Waals surface area contributed by atoms with E-state index in [4.69, 9.17) is 0 Å². The Morgan fingerprint density at radius 3 is 2.59 bits per heavy atom. The molecule has 1 aliphatic carbocycles. The summed E-state index contributed by atoms with van der Waals surface area (Å²) in [6.45, 7) is 3.45. The second kappa shape index (κ2) is 6.80. The Morgan fingerprint density at radius 1 is 1.24 bits per heavy atom. The van der Waals surface area contributed by atoms with Gasteiger partial charge in [-0.05, 0) is 30.9 Å². The van der Waals surface area contributed by atoms with Crippen molar-refractivity contribution >= 4 is 0 Å². The molecule has 94 valence electrons.